The van der Waals surface area contributed by atoms with Crippen molar-refractivity contribution in [2.45, 2.75) is 39.3 Å². The van der Waals surface area contributed by atoms with E-state index in [0.29, 0.717) is 19.7 Å². The van der Waals surface area contributed by atoms with Crippen LogP contribution in [-0.2, 0) is 6.54 Å². The zero-order chi connectivity index (χ0) is 20.2. The zero-order valence-electron chi connectivity index (χ0n) is 17.1. The van der Waals surface area contributed by atoms with E-state index in [4.69, 9.17) is 4.74 Å². The second-order valence-electron chi connectivity index (χ2n) is 7.38. The first-order valence-corrected chi connectivity index (χ1v) is 10.4. The van der Waals surface area contributed by atoms with Crippen LogP contribution in [0.5, 0.6) is 5.75 Å². The Morgan fingerprint density at radius 3 is 2.79 bits per heavy atom. The van der Waals surface area contributed by atoms with Crippen molar-refractivity contribution in [1.82, 2.24) is 19.8 Å². The van der Waals surface area contributed by atoms with Gasteiger partial charge in [0, 0.05) is 19.6 Å². The quantitative estimate of drug-likeness (QED) is 0.681. The SMILES string of the molecule is CCOc1ccc(C2CCCN2C(=O)NCCn2c(C)nc3ccccc32)cc1. The number of likely N-dealkylation sites (tertiary alicyclic amines) is 1. The first kappa shape index (κ1) is 19.3. The standard InChI is InChI=1S/C23H28N4O2/c1-3-29-19-12-10-18(11-13-19)21-9-6-15-27(21)23(28)24-14-16-26-17(2)25-20-7-4-5-8-22(20)26/h4-5,7-8,10-13,21H,3,6,9,14-16H2,1-2H3,(H,24,28). The van der Waals surface area contributed by atoms with Crippen molar-refractivity contribution in [3.8, 4) is 5.75 Å². The summed E-state index contributed by atoms with van der Waals surface area (Å²) in [5, 5.41) is 3.10. The summed E-state index contributed by atoms with van der Waals surface area (Å²) >= 11 is 0. The number of aromatic nitrogens is 2. The Hall–Kier alpha value is -3.02. The molecule has 29 heavy (non-hydrogen) atoms. The van der Waals surface area contributed by atoms with Crippen LogP contribution in [0.25, 0.3) is 11.0 Å². The van der Waals surface area contributed by atoms with Gasteiger partial charge in [-0.05, 0) is 56.5 Å². The van der Waals surface area contributed by atoms with E-state index in [1.165, 1.54) is 0 Å². The normalized spacial score (nSPS) is 16.3. The van der Waals surface area contributed by atoms with E-state index < -0.39 is 0 Å². The Bertz CT molecular complexity index is 980. The summed E-state index contributed by atoms with van der Waals surface area (Å²) in [6.07, 6.45) is 2.02. The monoisotopic (exact) mass is 392 g/mol. The maximum absolute atomic E-state index is 12.8. The Labute approximate surface area is 171 Å². The van der Waals surface area contributed by atoms with E-state index in [1.807, 2.05) is 49.1 Å². The maximum Gasteiger partial charge on any atom is 0.317 e. The molecule has 0 saturated carbocycles. The lowest BCUT2D eigenvalue weighted by molar-refractivity contribution is 0.192. The predicted octanol–water partition coefficient (Wildman–Crippen LogP) is 4.29. The average Bonchev–Trinajstić information content (AvgIpc) is 3.34. The van der Waals surface area contributed by atoms with Gasteiger partial charge in [-0.3, -0.25) is 0 Å². The predicted molar refractivity (Wildman–Crippen MR) is 114 cm³/mol. The van der Waals surface area contributed by atoms with Gasteiger partial charge in [-0.1, -0.05) is 24.3 Å². The molecule has 6 heteroatoms. The van der Waals surface area contributed by atoms with Gasteiger partial charge >= 0.3 is 6.03 Å². The number of rotatable bonds is 6. The van der Waals surface area contributed by atoms with Crippen LogP contribution in [0.3, 0.4) is 0 Å². The number of carbonyl (C=O) groups is 1. The number of benzene rings is 2. The number of nitrogens with one attached hydrogen (secondary N) is 1. The highest BCUT2D eigenvalue weighted by molar-refractivity contribution is 5.76. The molecule has 2 aromatic carbocycles. The van der Waals surface area contributed by atoms with Crippen molar-refractivity contribution in [2.24, 2.45) is 0 Å². The van der Waals surface area contributed by atoms with Gasteiger partial charge in [0.05, 0.1) is 23.7 Å². The van der Waals surface area contributed by atoms with Crippen LogP contribution in [-0.4, -0.2) is 40.2 Å². The van der Waals surface area contributed by atoms with Crippen LogP contribution in [0, 0.1) is 6.92 Å². The molecular weight excluding hydrogens is 364 g/mol. The van der Waals surface area contributed by atoms with E-state index in [9.17, 15) is 4.79 Å². The number of ether oxygens (including phenoxy) is 1. The number of aryl methyl sites for hydroxylation is 1. The van der Waals surface area contributed by atoms with Crippen LogP contribution >= 0.6 is 0 Å². The van der Waals surface area contributed by atoms with Crippen LogP contribution in [0.15, 0.2) is 48.5 Å². The molecule has 2 heterocycles. The van der Waals surface area contributed by atoms with Gasteiger partial charge in [-0.25, -0.2) is 9.78 Å². The summed E-state index contributed by atoms with van der Waals surface area (Å²) in [4.78, 5) is 19.4. The molecule has 1 saturated heterocycles. The molecule has 1 fully saturated rings. The van der Waals surface area contributed by atoms with E-state index in [1.54, 1.807) is 0 Å². The highest BCUT2D eigenvalue weighted by atomic mass is 16.5. The number of hydrogen-bond acceptors (Lipinski definition) is 3. The fourth-order valence-corrected chi connectivity index (χ4v) is 4.16. The molecule has 3 aromatic rings. The van der Waals surface area contributed by atoms with Gasteiger partial charge in [0.1, 0.15) is 11.6 Å². The van der Waals surface area contributed by atoms with Crippen LogP contribution in [0.2, 0.25) is 0 Å². The molecule has 0 aliphatic carbocycles. The van der Waals surface area contributed by atoms with E-state index in [-0.39, 0.29) is 12.1 Å². The zero-order valence-corrected chi connectivity index (χ0v) is 17.1. The highest BCUT2D eigenvalue weighted by Crippen LogP contribution is 2.32. The van der Waals surface area contributed by atoms with Crippen molar-refractivity contribution in [3.05, 3.63) is 59.9 Å². The number of amides is 2. The lowest BCUT2D eigenvalue weighted by atomic mass is 10.0. The topological polar surface area (TPSA) is 59.4 Å². The van der Waals surface area contributed by atoms with Crippen LogP contribution in [0.4, 0.5) is 4.79 Å². The number of hydrogen-bond donors (Lipinski definition) is 1. The highest BCUT2D eigenvalue weighted by Gasteiger charge is 2.29. The third-order valence-electron chi connectivity index (χ3n) is 5.55. The van der Waals surface area contributed by atoms with E-state index in [0.717, 1.165) is 47.6 Å². The minimum atomic E-state index is 0.00320. The molecule has 1 aromatic heterocycles. The number of nitrogens with zero attached hydrogens (tertiary/aromatic N) is 3. The van der Waals surface area contributed by atoms with Crippen molar-refractivity contribution in [1.29, 1.82) is 0 Å². The Balaban J connectivity index is 1.38. The van der Waals surface area contributed by atoms with Crippen LogP contribution < -0.4 is 10.1 Å². The summed E-state index contributed by atoms with van der Waals surface area (Å²) in [7, 11) is 0. The Kier molecular flexibility index (Phi) is 5.69. The molecule has 1 unspecified atom stereocenters. The number of fused-ring (bicyclic) bond motifs is 1. The molecule has 0 bridgehead atoms. The maximum atomic E-state index is 12.8. The van der Waals surface area contributed by atoms with E-state index >= 15 is 0 Å². The van der Waals surface area contributed by atoms with Crippen molar-refractivity contribution in [2.75, 3.05) is 19.7 Å². The molecule has 0 spiro atoms. The average molecular weight is 393 g/mol. The molecule has 1 atom stereocenters. The second kappa shape index (κ2) is 8.55. The first-order valence-electron chi connectivity index (χ1n) is 10.4. The molecule has 2 amide bonds. The first-order chi connectivity index (χ1) is 14.2. The fraction of sp³-hybridized carbons (Fsp3) is 0.391. The van der Waals surface area contributed by atoms with Gasteiger partial charge < -0.3 is 19.5 Å². The molecule has 1 N–H and O–H groups in total. The third-order valence-corrected chi connectivity index (χ3v) is 5.55. The molecule has 1 aliphatic heterocycles. The molecule has 1 aliphatic rings. The number of urea groups is 1. The molecule has 0 radical (unpaired) electrons. The smallest absolute Gasteiger partial charge is 0.317 e. The summed E-state index contributed by atoms with van der Waals surface area (Å²) in [5.74, 6) is 1.84. The van der Waals surface area contributed by atoms with Gasteiger partial charge in [0.2, 0.25) is 0 Å². The van der Waals surface area contributed by atoms with Gasteiger partial charge in [0.15, 0.2) is 0 Å². The largest absolute Gasteiger partial charge is 0.494 e. The summed E-state index contributed by atoms with van der Waals surface area (Å²) < 4.78 is 7.68. The molecule has 6 nitrogen and oxygen atoms in total. The second-order valence-corrected chi connectivity index (χ2v) is 7.38. The lowest BCUT2D eigenvalue weighted by Gasteiger charge is -2.25. The third kappa shape index (κ3) is 4.06. The molecular formula is C23H28N4O2. The summed E-state index contributed by atoms with van der Waals surface area (Å²) in [6.45, 7) is 6.71. The summed E-state index contributed by atoms with van der Waals surface area (Å²) in [5.41, 5.74) is 3.26. The van der Waals surface area contributed by atoms with E-state index in [2.05, 4.69) is 33.1 Å². The van der Waals surface area contributed by atoms with Crippen molar-refractivity contribution < 1.29 is 9.53 Å². The number of carbonyl (C=O) groups excluding carboxylic acids is 1. The van der Waals surface area contributed by atoms with Gasteiger partial charge in [-0.2, -0.15) is 0 Å². The van der Waals surface area contributed by atoms with Gasteiger partial charge in [0.25, 0.3) is 0 Å². The number of imidazole rings is 1. The van der Waals surface area contributed by atoms with Gasteiger partial charge in [-0.15, -0.1) is 0 Å². The van der Waals surface area contributed by atoms with Crippen LogP contribution in [0.1, 0.15) is 37.2 Å². The lowest BCUT2D eigenvalue weighted by Crippen LogP contribution is -2.40. The Morgan fingerprint density at radius 1 is 1.21 bits per heavy atom. The molecule has 4 rings (SSSR count). The summed E-state index contributed by atoms with van der Waals surface area (Å²) in [6, 6.07) is 16.3. The minimum absolute atomic E-state index is 0.00320. The van der Waals surface area contributed by atoms with Crippen molar-refractivity contribution in [3.63, 3.8) is 0 Å². The molecule has 152 valence electrons. The minimum Gasteiger partial charge on any atom is -0.494 e. The fourth-order valence-electron chi connectivity index (χ4n) is 4.16. The van der Waals surface area contributed by atoms with Crippen molar-refractivity contribution >= 4 is 17.1 Å². The Morgan fingerprint density at radius 2 is 2.00 bits per heavy atom. The number of para-hydroxylation sites is 2.